The van der Waals surface area contributed by atoms with Gasteiger partial charge in [0.15, 0.2) is 0 Å². The van der Waals surface area contributed by atoms with Crippen LogP contribution >= 0.6 is 0 Å². The van der Waals surface area contributed by atoms with Gasteiger partial charge >= 0.3 is 5.97 Å². The molecule has 1 aromatic carbocycles. The Morgan fingerprint density at radius 2 is 1.46 bits per heavy atom. The zero-order valence-corrected chi connectivity index (χ0v) is 15.3. The van der Waals surface area contributed by atoms with E-state index in [0.29, 0.717) is 5.92 Å². The summed E-state index contributed by atoms with van der Waals surface area (Å²) < 4.78 is 0. The van der Waals surface area contributed by atoms with Crippen LogP contribution in [0.5, 0.6) is 0 Å². The van der Waals surface area contributed by atoms with Gasteiger partial charge in [-0.15, -0.1) is 0 Å². The molecule has 1 N–H and O–H groups in total. The molecule has 1 saturated heterocycles. The number of nitrogens with zero attached hydrogens (tertiary/aromatic N) is 1. The predicted molar refractivity (Wildman–Crippen MR) is 99.5 cm³/mol. The van der Waals surface area contributed by atoms with Crippen molar-refractivity contribution in [2.75, 3.05) is 13.1 Å². The summed E-state index contributed by atoms with van der Waals surface area (Å²) in [4.78, 5) is 27.0. The van der Waals surface area contributed by atoms with E-state index in [1.165, 1.54) is 5.56 Å². The van der Waals surface area contributed by atoms with E-state index in [9.17, 15) is 14.7 Å². The number of piperidine rings is 1. The lowest BCUT2D eigenvalue weighted by Gasteiger charge is -2.47. The first kappa shape index (κ1) is 17.6. The molecule has 1 aliphatic heterocycles. The summed E-state index contributed by atoms with van der Waals surface area (Å²) in [7, 11) is 0. The molecule has 3 saturated carbocycles. The lowest BCUT2D eigenvalue weighted by atomic mass is 9.58. The zero-order valence-electron chi connectivity index (χ0n) is 15.3. The van der Waals surface area contributed by atoms with Crippen LogP contribution in [0.1, 0.15) is 44.1 Å². The fraction of sp³-hybridized carbons (Fsp3) is 0.636. The van der Waals surface area contributed by atoms with Crippen LogP contribution in [0, 0.1) is 29.6 Å². The summed E-state index contributed by atoms with van der Waals surface area (Å²) in [6, 6.07) is 10.6. The molecule has 140 valence electrons. The molecule has 2 atom stereocenters. The molecule has 3 aliphatic carbocycles. The molecule has 0 aromatic heterocycles. The van der Waals surface area contributed by atoms with Gasteiger partial charge in [-0.2, -0.15) is 0 Å². The Morgan fingerprint density at radius 3 is 2.04 bits per heavy atom. The van der Waals surface area contributed by atoms with Crippen molar-refractivity contribution < 1.29 is 14.7 Å². The first-order valence-electron chi connectivity index (χ1n) is 10.2. The fourth-order valence-corrected chi connectivity index (χ4v) is 5.68. The lowest BCUT2D eigenvalue weighted by molar-refractivity contribution is -0.162. The summed E-state index contributed by atoms with van der Waals surface area (Å²) in [5.74, 6) is -0.221. The Kier molecular flexibility index (Phi) is 5.01. The number of hydrogen-bond acceptors (Lipinski definition) is 2. The first-order chi connectivity index (χ1) is 12.6. The number of carbonyl (C=O) groups is 2. The third kappa shape index (κ3) is 3.38. The molecular weight excluding hydrogens is 326 g/mol. The molecule has 0 radical (unpaired) electrons. The van der Waals surface area contributed by atoms with Crippen molar-refractivity contribution in [3.8, 4) is 0 Å². The topological polar surface area (TPSA) is 57.6 Å². The van der Waals surface area contributed by atoms with Gasteiger partial charge < -0.3 is 10.0 Å². The van der Waals surface area contributed by atoms with Crippen molar-refractivity contribution in [3.63, 3.8) is 0 Å². The van der Waals surface area contributed by atoms with Crippen molar-refractivity contribution in [2.24, 2.45) is 29.6 Å². The number of likely N-dealkylation sites (tertiary alicyclic amines) is 1. The van der Waals surface area contributed by atoms with Gasteiger partial charge in [-0.05, 0) is 68.3 Å². The van der Waals surface area contributed by atoms with Crippen LogP contribution in [0.2, 0.25) is 0 Å². The highest BCUT2D eigenvalue weighted by atomic mass is 16.4. The van der Waals surface area contributed by atoms with Crippen LogP contribution in [0.3, 0.4) is 0 Å². The van der Waals surface area contributed by atoms with Crippen molar-refractivity contribution in [2.45, 2.75) is 44.9 Å². The van der Waals surface area contributed by atoms with E-state index in [1.807, 2.05) is 11.0 Å². The van der Waals surface area contributed by atoms with Gasteiger partial charge in [0.1, 0.15) is 0 Å². The van der Waals surface area contributed by atoms with Gasteiger partial charge in [-0.25, -0.2) is 0 Å². The second-order valence-electron chi connectivity index (χ2n) is 8.52. The number of hydrogen-bond donors (Lipinski definition) is 1. The Labute approximate surface area is 155 Å². The van der Waals surface area contributed by atoms with Crippen LogP contribution in [0.25, 0.3) is 0 Å². The smallest absolute Gasteiger partial charge is 0.307 e. The average molecular weight is 355 g/mol. The van der Waals surface area contributed by atoms with Crippen LogP contribution in [0.15, 0.2) is 30.3 Å². The Morgan fingerprint density at radius 1 is 0.885 bits per heavy atom. The minimum absolute atomic E-state index is 0.130. The van der Waals surface area contributed by atoms with Crippen LogP contribution < -0.4 is 0 Å². The van der Waals surface area contributed by atoms with E-state index in [4.69, 9.17) is 0 Å². The average Bonchev–Trinajstić information content (AvgIpc) is 2.69. The molecule has 1 aromatic rings. The van der Waals surface area contributed by atoms with E-state index in [-0.39, 0.29) is 23.7 Å². The number of benzene rings is 1. The summed E-state index contributed by atoms with van der Waals surface area (Å²) in [5.41, 5.74) is 1.37. The van der Waals surface area contributed by atoms with Gasteiger partial charge in [-0.3, -0.25) is 9.59 Å². The maximum atomic E-state index is 13.2. The number of carboxylic acid groups (broad SMARTS) is 1. The highest BCUT2D eigenvalue weighted by molar-refractivity contribution is 5.85. The molecule has 0 spiro atoms. The zero-order chi connectivity index (χ0) is 18.1. The highest BCUT2D eigenvalue weighted by Crippen LogP contribution is 2.49. The Hall–Kier alpha value is -1.84. The van der Waals surface area contributed by atoms with Crippen LogP contribution in [0.4, 0.5) is 0 Å². The van der Waals surface area contributed by atoms with Gasteiger partial charge in [0.25, 0.3) is 0 Å². The number of amides is 1. The van der Waals surface area contributed by atoms with Crippen molar-refractivity contribution in [1.82, 2.24) is 4.90 Å². The number of fused-ring (bicyclic) bond motifs is 3. The monoisotopic (exact) mass is 355 g/mol. The quantitative estimate of drug-likeness (QED) is 0.898. The number of carbonyl (C=O) groups excluding carboxylic acids is 1. The van der Waals surface area contributed by atoms with E-state index < -0.39 is 11.9 Å². The largest absolute Gasteiger partial charge is 0.481 e. The standard InChI is InChI=1S/C22H29NO3/c24-21(19-17-6-8-18(9-7-17)20(19)22(25)26)23-12-10-16(11-13-23)14-15-4-2-1-3-5-15/h1-5,16-20H,6-14H2,(H,25,26)/t17?,18?,19-,20-/m1/s1. The minimum atomic E-state index is -0.753. The molecule has 1 heterocycles. The molecule has 0 unspecified atom stereocenters. The molecule has 4 heteroatoms. The van der Waals surface area contributed by atoms with E-state index in [2.05, 4.69) is 24.3 Å². The van der Waals surface area contributed by atoms with Crippen molar-refractivity contribution in [1.29, 1.82) is 0 Å². The summed E-state index contributed by atoms with van der Waals surface area (Å²) in [5, 5.41) is 9.71. The minimum Gasteiger partial charge on any atom is -0.481 e. The fourth-order valence-electron chi connectivity index (χ4n) is 5.68. The van der Waals surface area contributed by atoms with E-state index >= 15 is 0 Å². The number of rotatable bonds is 4. The van der Waals surface area contributed by atoms with Crippen molar-refractivity contribution in [3.05, 3.63) is 35.9 Å². The van der Waals surface area contributed by atoms with E-state index in [1.54, 1.807) is 0 Å². The molecular formula is C22H29NO3. The Bertz CT molecular complexity index is 643. The maximum absolute atomic E-state index is 13.2. The van der Waals surface area contributed by atoms with Crippen LogP contribution in [-0.2, 0) is 16.0 Å². The number of carboxylic acids is 1. The predicted octanol–water partition coefficient (Wildman–Crippen LogP) is 3.60. The molecule has 26 heavy (non-hydrogen) atoms. The first-order valence-corrected chi connectivity index (χ1v) is 10.2. The normalized spacial score (nSPS) is 31.8. The lowest BCUT2D eigenvalue weighted by Crippen LogP contribution is -2.53. The van der Waals surface area contributed by atoms with Gasteiger partial charge in [0, 0.05) is 13.1 Å². The molecule has 5 rings (SSSR count). The number of aliphatic carboxylic acids is 1. The van der Waals surface area contributed by atoms with Gasteiger partial charge in [0.05, 0.1) is 11.8 Å². The Balaban J connectivity index is 1.38. The third-order valence-electron chi connectivity index (χ3n) is 7.08. The van der Waals surface area contributed by atoms with Crippen LogP contribution in [-0.4, -0.2) is 35.0 Å². The molecule has 4 fully saturated rings. The summed E-state index contributed by atoms with van der Waals surface area (Å²) in [6.45, 7) is 1.58. The van der Waals surface area contributed by atoms with Crippen molar-refractivity contribution >= 4 is 11.9 Å². The summed E-state index contributed by atoms with van der Waals surface area (Å²) in [6.07, 6.45) is 7.19. The highest BCUT2D eigenvalue weighted by Gasteiger charge is 2.51. The third-order valence-corrected chi connectivity index (χ3v) is 7.08. The summed E-state index contributed by atoms with van der Waals surface area (Å²) >= 11 is 0. The SMILES string of the molecule is O=C(O)[C@@H]1C2CCC(CC2)[C@H]1C(=O)N1CCC(Cc2ccccc2)CC1. The second kappa shape index (κ2) is 7.42. The van der Waals surface area contributed by atoms with Gasteiger partial charge in [-0.1, -0.05) is 30.3 Å². The molecule has 1 amide bonds. The molecule has 4 nitrogen and oxygen atoms in total. The maximum Gasteiger partial charge on any atom is 0.307 e. The molecule has 4 aliphatic rings. The van der Waals surface area contributed by atoms with E-state index in [0.717, 1.165) is 58.0 Å². The van der Waals surface area contributed by atoms with Gasteiger partial charge in [0.2, 0.25) is 5.91 Å². The molecule has 2 bridgehead atoms. The second-order valence-corrected chi connectivity index (χ2v) is 8.52.